The van der Waals surface area contributed by atoms with Crippen LogP contribution < -0.4 is 11.1 Å². The fraction of sp³-hybridized carbons (Fsp3) is 0.857. The molecule has 1 fully saturated rings. The number of nitrogens with two attached hydrogens (primary N) is 1. The Morgan fingerprint density at radius 3 is 2.47 bits per heavy atom. The molecule has 0 atom stereocenters. The van der Waals surface area contributed by atoms with Gasteiger partial charge in [0.2, 0.25) is 11.8 Å². The topological polar surface area (TPSA) is 75.4 Å². The molecule has 110 valence electrons. The molecular weight excluding hydrogens is 242 g/mol. The number of carbonyl (C=O) groups is 2. The monoisotopic (exact) mass is 269 g/mol. The highest BCUT2D eigenvalue weighted by Gasteiger charge is 2.19. The second kappa shape index (κ2) is 8.15. The molecule has 0 aliphatic heterocycles. The van der Waals surface area contributed by atoms with Crippen LogP contribution >= 0.6 is 0 Å². The third kappa shape index (κ3) is 6.05. The quantitative estimate of drug-likeness (QED) is 0.751. The van der Waals surface area contributed by atoms with Crippen LogP contribution in [0.1, 0.15) is 45.4 Å². The molecule has 19 heavy (non-hydrogen) atoms. The van der Waals surface area contributed by atoms with Crippen molar-refractivity contribution in [1.29, 1.82) is 0 Å². The zero-order valence-corrected chi connectivity index (χ0v) is 12.2. The van der Waals surface area contributed by atoms with E-state index in [0.717, 1.165) is 32.1 Å². The van der Waals surface area contributed by atoms with Gasteiger partial charge in [0.25, 0.3) is 0 Å². The first-order valence-electron chi connectivity index (χ1n) is 7.29. The van der Waals surface area contributed by atoms with Crippen molar-refractivity contribution in [1.82, 2.24) is 10.2 Å². The van der Waals surface area contributed by atoms with Crippen molar-refractivity contribution in [3.8, 4) is 0 Å². The summed E-state index contributed by atoms with van der Waals surface area (Å²) in [5.74, 6) is 0.562. The average molecular weight is 269 g/mol. The van der Waals surface area contributed by atoms with Crippen LogP contribution in [0.4, 0.5) is 0 Å². The first-order chi connectivity index (χ1) is 9.02. The van der Waals surface area contributed by atoms with Gasteiger partial charge < -0.3 is 16.0 Å². The van der Waals surface area contributed by atoms with Crippen LogP contribution in [0.15, 0.2) is 0 Å². The third-order valence-corrected chi connectivity index (χ3v) is 4.01. The highest BCUT2D eigenvalue weighted by Crippen LogP contribution is 2.26. The molecule has 5 nitrogen and oxygen atoms in total. The van der Waals surface area contributed by atoms with E-state index < -0.39 is 0 Å². The average Bonchev–Trinajstić information content (AvgIpc) is 2.43. The van der Waals surface area contributed by atoms with Crippen LogP contribution in [0, 0.1) is 5.92 Å². The molecule has 0 aromatic rings. The van der Waals surface area contributed by atoms with Crippen LogP contribution in [0.2, 0.25) is 0 Å². The van der Waals surface area contributed by atoms with Crippen LogP contribution in [-0.4, -0.2) is 42.9 Å². The molecule has 2 amide bonds. The summed E-state index contributed by atoms with van der Waals surface area (Å²) in [5.41, 5.74) is 5.85. The van der Waals surface area contributed by atoms with Gasteiger partial charge in [0.1, 0.15) is 0 Å². The predicted molar refractivity (Wildman–Crippen MR) is 75.5 cm³/mol. The summed E-state index contributed by atoms with van der Waals surface area (Å²) in [6, 6.07) is 0.354. The SMILES string of the molecule is CCN(C)C(=O)CNC(=O)CCC1CCC(N)CC1. The number of amides is 2. The summed E-state index contributed by atoms with van der Waals surface area (Å²) in [4.78, 5) is 24.8. The Bertz CT molecular complexity index is 299. The first-order valence-corrected chi connectivity index (χ1v) is 7.29. The van der Waals surface area contributed by atoms with Crippen LogP contribution in [-0.2, 0) is 9.59 Å². The van der Waals surface area contributed by atoms with Gasteiger partial charge >= 0.3 is 0 Å². The molecule has 1 rings (SSSR count). The van der Waals surface area contributed by atoms with Gasteiger partial charge in [-0.2, -0.15) is 0 Å². The molecular formula is C14H27N3O2. The summed E-state index contributed by atoms with van der Waals surface area (Å²) in [5, 5.41) is 2.69. The van der Waals surface area contributed by atoms with Gasteiger partial charge in [0, 0.05) is 26.1 Å². The Labute approximate surface area is 115 Å². The van der Waals surface area contributed by atoms with E-state index in [1.165, 1.54) is 0 Å². The Kier molecular flexibility index (Phi) is 6.84. The van der Waals surface area contributed by atoms with Gasteiger partial charge in [0.15, 0.2) is 0 Å². The summed E-state index contributed by atoms with van der Waals surface area (Å²) >= 11 is 0. The lowest BCUT2D eigenvalue weighted by molar-refractivity contribution is -0.131. The Morgan fingerprint density at radius 1 is 1.26 bits per heavy atom. The fourth-order valence-corrected chi connectivity index (χ4v) is 2.39. The van der Waals surface area contributed by atoms with E-state index in [1.54, 1.807) is 11.9 Å². The van der Waals surface area contributed by atoms with Gasteiger partial charge in [-0.05, 0) is 44.9 Å². The molecule has 0 bridgehead atoms. The highest BCUT2D eigenvalue weighted by molar-refractivity contribution is 5.84. The number of hydrogen-bond donors (Lipinski definition) is 2. The van der Waals surface area contributed by atoms with Crippen molar-refractivity contribution >= 4 is 11.8 Å². The summed E-state index contributed by atoms with van der Waals surface area (Å²) < 4.78 is 0. The molecule has 3 N–H and O–H groups in total. The molecule has 0 saturated heterocycles. The zero-order chi connectivity index (χ0) is 14.3. The molecule has 1 saturated carbocycles. The molecule has 0 aromatic heterocycles. The van der Waals surface area contributed by atoms with Crippen LogP contribution in [0.3, 0.4) is 0 Å². The van der Waals surface area contributed by atoms with Crippen molar-refractivity contribution < 1.29 is 9.59 Å². The lowest BCUT2D eigenvalue weighted by atomic mass is 9.84. The minimum absolute atomic E-state index is 0.0206. The number of hydrogen-bond acceptors (Lipinski definition) is 3. The second-order valence-electron chi connectivity index (χ2n) is 5.50. The summed E-state index contributed by atoms with van der Waals surface area (Å²) in [6.07, 6.45) is 5.84. The zero-order valence-electron chi connectivity index (χ0n) is 12.2. The molecule has 0 spiro atoms. The van der Waals surface area contributed by atoms with Gasteiger partial charge in [-0.3, -0.25) is 9.59 Å². The molecule has 1 aliphatic carbocycles. The Balaban J connectivity index is 2.13. The fourth-order valence-electron chi connectivity index (χ4n) is 2.39. The maximum atomic E-state index is 11.7. The van der Waals surface area contributed by atoms with E-state index in [1.807, 2.05) is 6.92 Å². The van der Waals surface area contributed by atoms with E-state index in [-0.39, 0.29) is 18.4 Å². The van der Waals surface area contributed by atoms with Crippen LogP contribution in [0.5, 0.6) is 0 Å². The molecule has 1 aliphatic rings. The van der Waals surface area contributed by atoms with Crippen molar-refractivity contribution in [2.75, 3.05) is 20.1 Å². The third-order valence-electron chi connectivity index (χ3n) is 4.01. The van der Waals surface area contributed by atoms with Crippen molar-refractivity contribution in [3.05, 3.63) is 0 Å². The summed E-state index contributed by atoms with van der Waals surface area (Å²) in [6.45, 7) is 2.68. The maximum absolute atomic E-state index is 11.7. The Hall–Kier alpha value is -1.10. The maximum Gasteiger partial charge on any atom is 0.241 e. The van der Waals surface area contributed by atoms with Gasteiger partial charge in [-0.15, -0.1) is 0 Å². The molecule has 0 heterocycles. The highest BCUT2D eigenvalue weighted by atomic mass is 16.2. The molecule has 0 radical (unpaired) electrons. The molecule has 0 unspecified atom stereocenters. The smallest absolute Gasteiger partial charge is 0.241 e. The van der Waals surface area contributed by atoms with E-state index in [0.29, 0.717) is 24.9 Å². The number of likely N-dealkylation sites (N-methyl/N-ethyl adjacent to an activating group) is 1. The van der Waals surface area contributed by atoms with Gasteiger partial charge in [0.05, 0.1) is 6.54 Å². The minimum Gasteiger partial charge on any atom is -0.347 e. The number of carbonyl (C=O) groups excluding carboxylic acids is 2. The normalized spacial score (nSPS) is 22.9. The van der Waals surface area contributed by atoms with E-state index in [4.69, 9.17) is 5.73 Å². The number of rotatable bonds is 6. The Morgan fingerprint density at radius 2 is 1.89 bits per heavy atom. The molecule has 5 heteroatoms. The lowest BCUT2D eigenvalue weighted by Crippen LogP contribution is -2.38. The van der Waals surface area contributed by atoms with E-state index in [9.17, 15) is 9.59 Å². The minimum atomic E-state index is -0.0421. The lowest BCUT2D eigenvalue weighted by Gasteiger charge is -2.25. The van der Waals surface area contributed by atoms with E-state index >= 15 is 0 Å². The largest absolute Gasteiger partial charge is 0.347 e. The van der Waals surface area contributed by atoms with Crippen molar-refractivity contribution in [3.63, 3.8) is 0 Å². The summed E-state index contributed by atoms with van der Waals surface area (Å²) in [7, 11) is 1.74. The first kappa shape index (κ1) is 16.0. The number of nitrogens with zero attached hydrogens (tertiary/aromatic N) is 1. The van der Waals surface area contributed by atoms with Crippen molar-refractivity contribution in [2.24, 2.45) is 11.7 Å². The standard InChI is InChI=1S/C14H27N3O2/c1-3-17(2)14(19)10-16-13(18)9-6-11-4-7-12(15)8-5-11/h11-12H,3-10,15H2,1-2H3,(H,16,18). The van der Waals surface area contributed by atoms with E-state index in [2.05, 4.69) is 5.32 Å². The van der Waals surface area contributed by atoms with Gasteiger partial charge in [-0.1, -0.05) is 0 Å². The second-order valence-corrected chi connectivity index (χ2v) is 5.50. The van der Waals surface area contributed by atoms with Crippen LogP contribution in [0.25, 0.3) is 0 Å². The van der Waals surface area contributed by atoms with Crippen molar-refractivity contribution in [2.45, 2.75) is 51.5 Å². The predicted octanol–water partition coefficient (Wildman–Crippen LogP) is 0.879. The number of nitrogens with one attached hydrogen (secondary N) is 1. The molecule has 0 aromatic carbocycles. The van der Waals surface area contributed by atoms with Gasteiger partial charge in [-0.25, -0.2) is 0 Å².